The van der Waals surface area contributed by atoms with Crippen LogP contribution in [0.15, 0.2) is 0 Å². The van der Waals surface area contributed by atoms with Crippen LogP contribution >= 0.6 is 23.2 Å². The van der Waals surface area contributed by atoms with Gasteiger partial charge in [-0.25, -0.2) is 0 Å². The van der Waals surface area contributed by atoms with Crippen molar-refractivity contribution in [2.24, 2.45) is 0 Å². The number of rotatable bonds is 2. The summed E-state index contributed by atoms with van der Waals surface area (Å²) in [7, 11) is 5.09. The molecule has 6 heteroatoms. The monoisotopic (exact) mass is 221 g/mol. The molecular formula is C7H9Cl2N3O. The van der Waals surface area contributed by atoms with Crippen LogP contribution in [0.3, 0.4) is 0 Å². The van der Waals surface area contributed by atoms with E-state index in [1.807, 2.05) is 14.1 Å². The van der Waals surface area contributed by atoms with Gasteiger partial charge in [-0.1, -0.05) is 23.2 Å². The topological polar surface area (TPSA) is 38.2 Å². The second-order valence-electron chi connectivity index (χ2n) is 2.53. The van der Waals surface area contributed by atoms with Crippen molar-refractivity contribution in [3.8, 4) is 6.01 Å². The summed E-state index contributed by atoms with van der Waals surface area (Å²) in [6.07, 6.45) is 0. The van der Waals surface area contributed by atoms with Gasteiger partial charge in [-0.05, 0) is 0 Å². The summed E-state index contributed by atoms with van der Waals surface area (Å²) in [6, 6.07) is 0.207. The van der Waals surface area contributed by atoms with Crippen molar-refractivity contribution in [3.63, 3.8) is 0 Å². The summed E-state index contributed by atoms with van der Waals surface area (Å²) in [4.78, 5) is 9.57. The van der Waals surface area contributed by atoms with E-state index in [9.17, 15) is 0 Å². The van der Waals surface area contributed by atoms with E-state index < -0.39 is 0 Å². The standard InChI is InChI=1S/C7H9Cl2N3O/c1-12(2)6-4(8)5(9)10-7(11-6)13-3/h1-3H3. The molecule has 0 aliphatic rings. The maximum atomic E-state index is 5.86. The molecule has 1 aromatic rings. The smallest absolute Gasteiger partial charge is 0.319 e. The highest BCUT2D eigenvalue weighted by atomic mass is 35.5. The fourth-order valence-corrected chi connectivity index (χ4v) is 1.19. The van der Waals surface area contributed by atoms with Gasteiger partial charge in [-0.15, -0.1) is 0 Å². The zero-order valence-electron chi connectivity index (χ0n) is 7.51. The summed E-state index contributed by atoms with van der Waals surface area (Å²) in [5.41, 5.74) is 0. The summed E-state index contributed by atoms with van der Waals surface area (Å²) in [5.74, 6) is 0.540. The van der Waals surface area contributed by atoms with Gasteiger partial charge >= 0.3 is 6.01 Å². The highest BCUT2D eigenvalue weighted by molar-refractivity contribution is 6.42. The maximum Gasteiger partial charge on any atom is 0.319 e. The first-order valence-electron chi connectivity index (χ1n) is 3.50. The van der Waals surface area contributed by atoms with Crippen LogP contribution < -0.4 is 9.64 Å². The minimum Gasteiger partial charge on any atom is -0.467 e. The van der Waals surface area contributed by atoms with Crippen LogP contribution in [-0.4, -0.2) is 31.2 Å². The Balaban J connectivity index is 3.25. The average Bonchev–Trinajstić information content (AvgIpc) is 2.09. The van der Waals surface area contributed by atoms with E-state index in [1.54, 1.807) is 4.90 Å². The van der Waals surface area contributed by atoms with E-state index >= 15 is 0 Å². The zero-order valence-corrected chi connectivity index (χ0v) is 9.02. The normalized spacial score (nSPS) is 9.92. The average molecular weight is 222 g/mol. The van der Waals surface area contributed by atoms with Crippen molar-refractivity contribution in [3.05, 3.63) is 10.2 Å². The Morgan fingerprint density at radius 1 is 1.23 bits per heavy atom. The molecule has 0 spiro atoms. The number of halogens is 2. The molecule has 13 heavy (non-hydrogen) atoms. The lowest BCUT2D eigenvalue weighted by molar-refractivity contribution is 0.380. The van der Waals surface area contributed by atoms with Crippen molar-refractivity contribution in [1.29, 1.82) is 0 Å². The first-order chi connectivity index (χ1) is 6.06. The molecule has 0 saturated heterocycles. The number of hydrogen-bond acceptors (Lipinski definition) is 4. The Bertz CT molecular complexity index is 317. The molecule has 0 aliphatic carbocycles. The largest absolute Gasteiger partial charge is 0.467 e. The van der Waals surface area contributed by atoms with Gasteiger partial charge in [0.05, 0.1) is 7.11 Å². The molecule has 0 saturated carbocycles. The quantitative estimate of drug-likeness (QED) is 0.716. The molecule has 0 radical (unpaired) electrons. The second kappa shape index (κ2) is 3.98. The van der Waals surface area contributed by atoms with E-state index in [1.165, 1.54) is 7.11 Å². The zero-order chi connectivity index (χ0) is 10.0. The fraction of sp³-hybridized carbons (Fsp3) is 0.429. The second-order valence-corrected chi connectivity index (χ2v) is 3.27. The van der Waals surface area contributed by atoms with Crippen LogP contribution in [0.25, 0.3) is 0 Å². The molecule has 1 rings (SSSR count). The van der Waals surface area contributed by atoms with Gasteiger partial charge in [-0.2, -0.15) is 9.97 Å². The minimum absolute atomic E-state index is 0.192. The summed E-state index contributed by atoms with van der Waals surface area (Å²) in [5, 5.41) is 0.518. The van der Waals surface area contributed by atoms with E-state index in [0.717, 1.165) is 0 Å². The molecule has 72 valence electrons. The van der Waals surface area contributed by atoms with Crippen LogP contribution in [0.2, 0.25) is 10.2 Å². The van der Waals surface area contributed by atoms with Crippen LogP contribution in [0, 0.1) is 0 Å². The lowest BCUT2D eigenvalue weighted by Crippen LogP contribution is -2.12. The molecule has 0 atom stereocenters. The lowest BCUT2D eigenvalue weighted by Gasteiger charge is -2.13. The molecule has 0 aliphatic heterocycles. The number of nitrogens with zero attached hydrogens (tertiary/aromatic N) is 3. The molecule has 4 nitrogen and oxygen atoms in total. The maximum absolute atomic E-state index is 5.86. The van der Waals surface area contributed by atoms with E-state index in [4.69, 9.17) is 27.9 Å². The molecule has 0 aromatic carbocycles. The third-order valence-corrected chi connectivity index (χ3v) is 2.10. The van der Waals surface area contributed by atoms with E-state index in [-0.39, 0.29) is 11.2 Å². The third-order valence-electron chi connectivity index (χ3n) is 1.38. The Hall–Kier alpha value is -0.740. The van der Waals surface area contributed by atoms with Gasteiger partial charge in [0.25, 0.3) is 0 Å². The van der Waals surface area contributed by atoms with Crippen molar-refractivity contribution < 1.29 is 4.74 Å². The number of aromatic nitrogens is 2. The van der Waals surface area contributed by atoms with Crippen molar-refractivity contribution >= 4 is 29.0 Å². The molecule has 0 N–H and O–H groups in total. The predicted octanol–water partition coefficient (Wildman–Crippen LogP) is 1.86. The van der Waals surface area contributed by atoms with Crippen molar-refractivity contribution in [1.82, 2.24) is 9.97 Å². The van der Waals surface area contributed by atoms with E-state index in [0.29, 0.717) is 10.8 Å². The van der Waals surface area contributed by atoms with Gasteiger partial charge in [-0.3, -0.25) is 0 Å². The number of hydrogen-bond donors (Lipinski definition) is 0. The fourth-order valence-electron chi connectivity index (χ4n) is 0.778. The molecule has 0 unspecified atom stereocenters. The van der Waals surface area contributed by atoms with Gasteiger partial charge in [0.2, 0.25) is 0 Å². The Labute approximate surface area is 86.4 Å². The summed E-state index contributed by atoms with van der Waals surface area (Å²) >= 11 is 11.6. The molecule has 0 fully saturated rings. The molecule has 0 amide bonds. The van der Waals surface area contributed by atoms with Crippen molar-refractivity contribution in [2.45, 2.75) is 0 Å². The van der Waals surface area contributed by atoms with Gasteiger partial charge < -0.3 is 9.64 Å². The number of anilines is 1. The van der Waals surface area contributed by atoms with Crippen LogP contribution in [0.5, 0.6) is 6.01 Å². The van der Waals surface area contributed by atoms with Gasteiger partial charge in [0, 0.05) is 14.1 Å². The number of ether oxygens (including phenoxy) is 1. The molecule has 0 bridgehead atoms. The summed E-state index contributed by atoms with van der Waals surface area (Å²) < 4.78 is 4.85. The Morgan fingerprint density at radius 3 is 2.31 bits per heavy atom. The number of methoxy groups -OCH3 is 1. The Kier molecular flexibility index (Phi) is 3.17. The predicted molar refractivity (Wildman–Crippen MR) is 52.9 cm³/mol. The highest BCUT2D eigenvalue weighted by Crippen LogP contribution is 2.29. The Morgan fingerprint density at radius 2 is 1.85 bits per heavy atom. The summed E-state index contributed by atoms with van der Waals surface area (Å²) in [6.45, 7) is 0. The van der Waals surface area contributed by atoms with Crippen molar-refractivity contribution in [2.75, 3.05) is 26.1 Å². The molecule has 1 aromatic heterocycles. The van der Waals surface area contributed by atoms with Gasteiger partial charge in [0.1, 0.15) is 5.02 Å². The molecular weight excluding hydrogens is 213 g/mol. The van der Waals surface area contributed by atoms with E-state index in [2.05, 4.69) is 9.97 Å². The van der Waals surface area contributed by atoms with Crippen LogP contribution in [-0.2, 0) is 0 Å². The highest BCUT2D eigenvalue weighted by Gasteiger charge is 2.12. The first-order valence-corrected chi connectivity index (χ1v) is 4.26. The SMILES string of the molecule is COc1nc(Cl)c(Cl)c(N(C)C)n1. The lowest BCUT2D eigenvalue weighted by atomic mass is 10.5. The third kappa shape index (κ3) is 2.14. The van der Waals surface area contributed by atoms with Crippen LogP contribution in [0.1, 0.15) is 0 Å². The van der Waals surface area contributed by atoms with Crippen LogP contribution in [0.4, 0.5) is 5.82 Å². The van der Waals surface area contributed by atoms with Gasteiger partial charge in [0.15, 0.2) is 11.0 Å². The molecule has 1 heterocycles. The first kappa shape index (κ1) is 10.3. The minimum atomic E-state index is 0.192.